The molecule has 0 heterocycles. The van der Waals surface area contributed by atoms with Crippen LogP contribution in [0.5, 0.6) is 0 Å². The highest BCUT2D eigenvalue weighted by molar-refractivity contribution is 8.00. The summed E-state index contributed by atoms with van der Waals surface area (Å²) in [7, 11) is 0. The molecule has 1 N–H and O–H groups in total. The van der Waals surface area contributed by atoms with E-state index in [-0.39, 0.29) is 16.5 Å². The van der Waals surface area contributed by atoms with Gasteiger partial charge >= 0.3 is 0 Å². The molecular weight excluding hydrogens is 325 g/mol. The number of alkyl halides is 1. The molecule has 21 heavy (non-hydrogen) atoms. The van der Waals surface area contributed by atoms with E-state index >= 15 is 0 Å². The van der Waals surface area contributed by atoms with E-state index in [1.54, 1.807) is 24.3 Å². The van der Waals surface area contributed by atoms with Crippen LogP contribution < -0.4 is 5.32 Å². The van der Waals surface area contributed by atoms with Crippen LogP contribution in [0.25, 0.3) is 0 Å². The maximum absolute atomic E-state index is 12.4. The largest absolute Gasteiger partial charge is 0.325 e. The van der Waals surface area contributed by atoms with Crippen molar-refractivity contribution >= 4 is 46.6 Å². The smallest absolute Gasteiger partial charge is 0.239 e. The molecule has 0 aliphatic carbocycles. The molecule has 2 aromatic carbocycles. The number of rotatable bonds is 5. The second-order valence-corrected chi connectivity index (χ2v) is 6.87. The topological polar surface area (TPSA) is 29.1 Å². The van der Waals surface area contributed by atoms with Crippen molar-refractivity contribution in [3.05, 3.63) is 59.6 Å². The monoisotopic (exact) mass is 339 g/mol. The van der Waals surface area contributed by atoms with Gasteiger partial charge in [0.05, 0.1) is 5.38 Å². The van der Waals surface area contributed by atoms with E-state index in [1.807, 2.05) is 37.3 Å². The molecule has 0 aromatic heterocycles. The molecule has 2 atom stereocenters. The molecule has 0 aliphatic rings. The molecule has 0 bridgehead atoms. The van der Waals surface area contributed by atoms with Crippen LogP contribution in [0.15, 0.2) is 59.5 Å². The van der Waals surface area contributed by atoms with Gasteiger partial charge in [-0.25, -0.2) is 0 Å². The van der Waals surface area contributed by atoms with Crippen molar-refractivity contribution < 1.29 is 4.79 Å². The first-order valence-electron chi connectivity index (χ1n) is 6.48. The minimum absolute atomic E-state index is 0.117. The fourth-order valence-corrected chi connectivity index (χ4v) is 3.10. The quantitative estimate of drug-likeness (QED) is 0.608. The Bertz CT molecular complexity index is 587. The zero-order valence-electron chi connectivity index (χ0n) is 11.4. The van der Waals surface area contributed by atoms with Crippen LogP contribution in [-0.4, -0.2) is 16.5 Å². The molecule has 0 radical (unpaired) electrons. The van der Waals surface area contributed by atoms with Crippen molar-refractivity contribution in [3.8, 4) is 0 Å². The first kappa shape index (κ1) is 16.2. The Hall–Kier alpha value is -1.16. The summed E-state index contributed by atoms with van der Waals surface area (Å²) in [6.07, 6.45) is 0. The van der Waals surface area contributed by atoms with E-state index in [1.165, 1.54) is 11.8 Å². The van der Waals surface area contributed by atoms with E-state index in [4.69, 9.17) is 23.2 Å². The van der Waals surface area contributed by atoms with Gasteiger partial charge in [0.1, 0.15) is 5.25 Å². The first-order valence-corrected chi connectivity index (χ1v) is 8.18. The van der Waals surface area contributed by atoms with E-state index in [0.717, 1.165) is 4.90 Å². The lowest BCUT2D eigenvalue weighted by Crippen LogP contribution is -2.31. The van der Waals surface area contributed by atoms with Crippen molar-refractivity contribution in [2.24, 2.45) is 0 Å². The Kier molecular flexibility index (Phi) is 5.97. The number of anilines is 1. The van der Waals surface area contributed by atoms with Gasteiger partial charge in [0.15, 0.2) is 0 Å². The normalized spacial score (nSPS) is 13.5. The number of halogens is 2. The van der Waals surface area contributed by atoms with E-state index in [2.05, 4.69) is 5.32 Å². The van der Waals surface area contributed by atoms with Crippen molar-refractivity contribution in [3.63, 3.8) is 0 Å². The van der Waals surface area contributed by atoms with Crippen molar-refractivity contribution in [1.29, 1.82) is 0 Å². The Balaban J connectivity index is 2.07. The number of thioether (sulfide) groups is 1. The third-order valence-corrected chi connectivity index (χ3v) is 4.87. The number of hydrogen-bond acceptors (Lipinski definition) is 2. The van der Waals surface area contributed by atoms with Gasteiger partial charge in [-0.15, -0.1) is 23.4 Å². The third-order valence-electron chi connectivity index (χ3n) is 2.79. The summed E-state index contributed by atoms with van der Waals surface area (Å²) in [6, 6.07) is 16.8. The van der Waals surface area contributed by atoms with Crippen molar-refractivity contribution in [2.45, 2.75) is 22.4 Å². The van der Waals surface area contributed by atoms with Gasteiger partial charge in [0.2, 0.25) is 5.91 Å². The average molecular weight is 340 g/mol. The summed E-state index contributed by atoms with van der Waals surface area (Å²) in [5.41, 5.74) is 0.709. The fraction of sp³-hybridized carbons (Fsp3) is 0.188. The molecule has 0 aliphatic heterocycles. The van der Waals surface area contributed by atoms with Crippen LogP contribution in [0.2, 0.25) is 5.02 Å². The number of carbonyl (C=O) groups is 1. The predicted molar refractivity (Wildman–Crippen MR) is 91.5 cm³/mol. The summed E-state index contributed by atoms with van der Waals surface area (Å²) in [4.78, 5) is 13.4. The van der Waals surface area contributed by atoms with Gasteiger partial charge in [-0.1, -0.05) is 29.8 Å². The highest BCUT2D eigenvalue weighted by Crippen LogP contribution is 2.28. The summed E-state index contributed by atoms with van der Waals surface area (Å²) in [6.45, 7) is 1.82. The minimum atomic E-state index is -0.371. The maximum atomic E-state index is 12.4. The molecule has 5 heteroatoms. The van der Waals surface area contributed by atoms with Gasteiger partial charge in [-0.3, -0.25) is 4.79 Å². The molecule has 0 saturated heterocycles. The van der Waals surface area contributed by atoms with Crippen LogP contribution in [0, 0.1) is 0 Å². The van der Waals surface area contributed by atoms with E-state index < -0.39 is 0 Å². The Morgan fingerprint density at radius 1 is 1.10 bits per heavy atom. The number of carbonyl (C=O) groups excluding carboxylic acids is 1. The summed E-state index contributed by atoms with van der Waals surface area (Å²) in [5, 5.41) is 2.84. The molecule has 2 nitrogen and oxygen atoms in total. The third kappa shape index (κ3) is 4.95. The zero-order chi connectivity index (χ0) is 15.2. The number of nitrogens with one attached hydrogen (secondary N) is 1. The summed E-state index contributed by atoms with van der Waals surface area (Å²) in [5.74, 6) is -0.117. The molecule has 0 fully saturated rings. The van der Waals surface area contributed by atoms with Crippen LogP contribution in [0.3, 0.4) is 0 Å². The van der Waals surface area contributed by atoms with Gasteiger partial charge in [0, 0.05) is 15.6 Å². The van der Waals surface area contributed by atoms with Gasteiger partial charge < -0.3 is 5.32 Å². The molecule has 0 spiro atoms. The fourth-order valence-electron chi connectivity index (χ4n) is 1.75. The van der Waals surface area contributed by atoms with Crippen molar-refractivity contribution in [2.75, 3.05) is 5.32 Å². The molecule has 2 aromatic rings. The Morgan fingerprint density at radius 3 is 2.29 bits per heavy atom. The summed E-state index contributed by atoms with van der Waals surface area (Å²) < 4.78 is 0. The number of amides is 1. The molecule has 2 rings (SSSR count). The second kappa shape index (κ2) is 7.74. The van der Waals surface area contributed by atoms with Gasteiger partial charge in [0.25, 0.3) is 0 Å². The zero-order valence-corrected chi connectivity index (χ0v) is 13.8. The Morgan fingerprint density at radius 2 is 1.71 bits per heavy atom. The van der Waals surface area contributed by atoms with Crippen molar-refractivity contribution in [1.82, 2.24) is 0 Å². The lowest BCUT2D eigenvalue weighted by molar-refractivity contribution is -0.115. The van der Waals surface area contributed by atoms with Crippen LogP contribution >= 0.6 is 35.0 Å². The molecule has 0 saturated carbocycles. The van der Waals surface area contributed by atoms with Gasteiger partial charge in [-0.2, -0.15) is 0 Å². The highest BCUT2D eigenvalue weighted by atomic mass is 35.5. The molecule has 1 amide bonds. The lowest BCUT2D eigenvalue weighted by Gasteiger charge is -2.18. The lowest BCUT2D eigenvalue weighted by atomic mass is 10.2. The molecule has 110 valence electrons. The highest BCUT2D eigenvalue weighted by Gasteiger charge is 2.25. The standard InChI is InChI=1S/C16H15Cl2NOS/c1-11(17)15(21-14-5-3-2-4-6-14)16(20)19-13-9-7-12(18)8-10-13/h2-11,15H,1H3,(H,19,20)/t11-,15+/m1/s1. The molecule has 0 unspecified atom stereocenters. The predicted octanol–water partition coefficient (Wildman–Crippen LogP) is 5.07. The van der Waals surface area contributed by atoms with E-state index in [0.29, 0.717) is 10.7 Å². The maximum Gasteiger partial charge on any atom is 0.239 e. The SMILES string of the molecule is C[C@@H](Cl)[C@H](Sc1ccccc1)C(=O)Nc1ccc(Cl)cc1. The van der Waals surface area contributed by atoms with E-state index in [9.17, 15) is 4.79 Å². The molecular formula is C16H15Cl2NOS. The summed E-state index contributed by atoms with van der Waals surface area (Å²) >= 11 is 13.5. The Labute approximate surface area is 138 Å². The second-order valence-electron chi connectivity index (χ2n) is 4.53. The van der Waals surface area contributed by atoms with Gasteiger partial charge in [-0.05, 0) is 43.3 Å². The minimum Gasteiger partial charge on any atom is -0.325 e. The van der Waals surface area contributed by atoms with Crippen LogP contribution in [0.4, 0.5) is 5.69 Å². The average Bonchev–Trinajstić information content (AvgIpc) is 2.48. The van der Waals surface area contributed by atoms with Crippen LogP contribution in [0.1, 0.15) is 6.92 Å². The number of hydrogen-bond donors (Lipinski definition) is 1. The first-order chi connectivity index (χ1) is 10.1. The van der Waals surface area contributed by atoms with Crippen LogP contribution in [-0.2, 0) is 4.79 Å². The number of benzene rings is 2.